The maximum absolute atomic E-state index is 12.3. The number of carbonyl (C=O) groups excluding carboxylic acids is 1. The molecular formula is C16H21N3OS. The van der Waals surface area contributed by atoms with Crippen LogP contribution in [-0.2, 0) is 4.79 Å². The molecule has 0 radical (unpaired) electrons. The molecule has 0 aliphatic heterocycles. The van der Waals surface area contributed by atoms with Gasteiger partial charge < -0.3 is 11.1 Å². The molecule has 3 N–H and O–H groups in total. The molecule has 3 rings (SSSR count). The van der Waals surface area contributed by atoms with Crippen LogP contribution in [0.2, 0.25) is 0 Å². The zero-order valence-electron chi connectivity index (χ0n) is 12.3. The van der Waals surface area contributed by atoms with E-state index in [9.17, 15) is 4.79 Å². The van der Waals surface area contributed by atoms with Crippen molar-refractivity contribution in [3.05, 3.63) is 23.2 Å². The second-order valence-corrected chi connectivity index (χ2v) is 7.09. The van der Waals surface area contributed by atoms with E-state index in [1.165, 1.54) is 0 Å². The molecule has 1 aliphatic rings. The molecule has 1 aromatic carbocycles. The molecule has 112 valence electrons. The predicted octanol–water partition coefficient (Wildman–Crippen LogP) is 3.31. The fraction of sp³-hybridized carbons (Fsp3) is 0.500. The number of thiazole rings is 1. The molecule has 4 nitrogen and oxygen atoms in total. The molecule has 0 unspecified atom stereocenters. The number of aryl methyl sites for hydroxylation is 1. The topological polar surface area (TPSA) is 68.0 Å². The number of hydrogen-bond acceptors (Lipinski definition) is 4. The molecule has 5 heteroatoms. The largest absolute Gasteiger partial charge is 0.330 e. The van der Waals surface area contributed by atoms with Gasteiger partial charge in [0.15, 0.2) is 0 Å². The Balaban J connectivity index is 1.65. The maximum Gasteiger partial charge on any atom is 0.227 e. The molecule has 1 aromatic heterocycles. The molecule has 0 atom stereocenters. The molecule has 1 heterocycles. The van der Waals surface area contributed by atoms with Gasteiger partial charge in [0, 0.05) is 11.6 Å². The summed E-state index contributed by atoms with van der Waals surface area (Å²) in [6.45, 7) is 2.74. The normalized spacial score (nSPS) is 22.4. The minimum absolute atomic E-state index is 0.131. The van der Waals surface area contributed by atoms with Crippen molar-refractivity contribution in [1.82, 2.24) is 4.98 Å². The summed E-state index contributed by atoms with van der Waals surface area (Å²) in [4.78, 5) is 16.8. The summed E-state index contributed by atoms with van der Waals surface area (Å²) in [5.41, 5.74) is 7.57. The Morgan fingerprint density at radius 3 is 2.86 bits per heavy atom. The van der Waals surface area contributed by atoms with Gasteiger partial charge in [0.2, 0.25) is 5.91 Å². The van der Waals surface area contributed by atoms with Crippen LogP contribution >= 0.6 is 11.3 Å². The van der Waals surface area contributed by atoms with Gasteiger partial charge in [-0.15, -0.1) is 11.3 Å². The standard InChI is InChI=1S/C16H21N3OS/c1-10-18-14-7-6-13(8-15(14)21-10)19-16(20)12-4-2-11(9-17)3-5-12/h6-8,11-12H,2-5,9,17H2,1H3,(H,19,20). The van der Waals surface area contributed by atoms with Crippen molar-refractivity contribution < 1.29 is 4.79 Å². The Kier molecular flexibility index (Phi) is 4.22. The summed E-state index contributed by atoms with van der Waals surface area (Å²) in [6, 6.07) is 5.92. The van der Waals surface area contributed by atoms with Crippen molar-refractivity contribution in [2.75, 3.05) is 11.9 Å². The van der Waals surface area contributed by atoms with Crippen LogP contribution in [0.25, 0.3) is 10.2 Å². The predicted molar refractivity (Wildman–Crippen MR) is 87.5 cm³/mol. The lowest BCUT2D eigenvalue weighted by atomic mass is 9.81. The van der Waals surface area contributed by atoms with Crippen LogP contribution < -0.4 is 11.1 Å². The Labute approximate surface area is 128 Å². The van der Waals surface area contributed by atoms with Crippen LogP contribution in [0.3, 0.4) is 0 Å². The Morgan fingerprint density at radius 1 is 1.38 bits per heavy atom. The third-order valence-electron chi connectivity index (χ3n) is 4.31. The van der Waals surface area contributed by atoms with Gasteiger partial charge in [0.05, 0.1) is 15.2 Å². The summed E-state index contributed by atoms with van der Waals surface area (Å²) in [6.07, 6.45) is 4.05. The van der Waals surface area contributed by atoms with Gasteiger partial charge in [-0.3, -0.25) is 4.79 Å². The Hall–Kier alpha value is -1.46. The van der Waals surface area contributed by atoms with E-state index < -0.39 is 0 Å². The lowest BCUT2D eigenvalue weighted by molar-refractivity contribution is -0.121. The van der Waals surface area contributed by atoms with E-state index >= 15 is 0 Å². The van der Waals surface area contributed by atoms with Crippen LogP contribution in [0.4, 0.5) is 5.69 Å². The first-order chi connectivity index (χ1) is 10.2. The maximum atomic E-state index is 12.3. The van der Waals surface area contributed by atoms with Crippen molar-refractivity contribution in [3.63, 3.8) is 0 Å². The van der Waals surface area contributed by atoms with E-state index in [1.54, 1.807) is 11.3 Å². The number of hydrogen-bond donors (Lipinski definition) is 2. The number of rotatable bonds is 3. The molecule has 0 bridgehead atoms. The highest BCUT2D eigenvalue weighted by Gasteiger charge is 2.25. The highest BCUT2D eigenvalue weighted by molar-refractivity contribution is 7.18. The lowest BCUT2D eigenvalue weighted by Crippen LogP contribution is -2.29. The number of carbonyl (C=O) groups is 1. The van der Waals surface area contributed by atoms with Crippen molar-refractivity contribution >= 4 is 33.1 Å². The number of anilines is 1. The number of amides is 1. The molecule has 1 fully saturated rings. The molecule has 1 saturated carbocycles. The van der Waals surface area contributed by atoms with E-state index in [4.69, 9.17) is 5.73 Å². The van der Waals surface area contributed by atoms with Crippen LogP contribution in [0.5, 0.6) is 0 Å². The molecule has 0 saturated heterocycles. The average molecular weight is 303 g/mol. The van der Waals surface area contributed by atoms with Gasteiger partial charge in [-0.1, -0.05) is 0 Å². The number of aromatic nitrogens is 1. The van der Waals surface area contributed by atoms with Gasteiger partial charge >= 0.3 is 0 Å². The van der Waals surface area contributed by atoms with Crippen molar-refractivity contribution in [3.8, 4) is 0 Å². The minimum Gasteiger partial charge on any atom is -0.330 e. The number of benzene rings is 1. The smallest absolute Gasteiger partial charge is 0.227 e. The zero-order valence-corrected chi connectivity index (χ0v) is 13.1. The van der Waals surface area contributed by atoms with Gasteiger partial charge in [-0.05, 0) is 63.3 Å². The molecular weight excluding hydrogens is 282 g/mol. The quantitative estimate of drug-likeness (QED) is 0.914. The monoisotopic (exact) mass is 303 g/mol. The summed E-state index contributed by atoms with van der Waals surface area (Å²) in [5.74, 6) is 0.878. The summed E-state index contributed by atoms with van der Waals surface area (Å²) in [7, 11) is 0. The Morgan fingerprint density at radius 2 is 2.14 bits per heavy atom. The van der Waals surface area contributed by atoms with Crippen molar-refractivity contribution in [2.45, 2.75) is 32.6 Å². The van der Waals surface area contributed by atoms with E-state index in [0.717, 1.165) is 53.1 Å². The van der Waals surface area contributed by atoms with Crippen LogP contribution in [-0.4, -0.2) is 17.4 Å². The lowest BCUT2D eigenvalue weighted by Gasteiger charge is -2.26. The second kappa shape index (κ2) is 6.12. The fourth-order valence-corrected chi connectivity index (χ4v) is 3.89. The first-order valence-corrected chi connectivity index (χ1v) is 8.35. The molecule has 0 spiro atoms. The van der Waals surface area contributed by atoms with Crippen molar-refractivity contribution in [1.29, 1.82) is 0 Å². The second-order valence-electron chi connectivity index (χ2n) is 5.86. The van der Waals surface area contributed by atoms with Gasteiger partial charge in [-0.25, -0.2) is 4.98 Å². The first kappa shape index (κ1) is 14.5. The fourth-order valence-electron chi connectivity index (χ4n) is 3.02. The molecule has 21 heavy (non-hydrogen) atoms. The van der Waals surface area contributed by atoms with Crippen LogP contribution in [0.15, 0.2) is 18.2 Å². The number of nitrogens with zero attached hydrogens (tertiary/aromatic N) is 1. The first-order valence-electron chi connectivity index (χ1n) is 7.54. The van der Waals surface area contributed by atoms with E-state index in [1.807, 2.05) is 25.1 Å². The minimum atomic E-state index is 0.131. The molecule has 1 amide bonds. The summed E-state index contributed by atoms with van der Waals surface area (Å²) < 4.78 is 1.12. The van der Waals surface area contributed by atoms with E-state index in [2.05, 4.69) is 10.3 Å². The van der Waals surface area contributed by atoms with Gasteiger partial charge in [0.25, 0.3) is 0 Å². The van der Waals surface area contributed by atoms with Crippen LogP contribution in [0, 0.1) is 18.8 Å². The SMILES string of the molecule is Cc1nc2ccc(NC(=O)C3CCC(CN)CC3)cc2s1. The third kappa shape index (κ3) is 3.24. The summed E-state index contributed by atoms with van der Waals surface area (Å²) in [5, 5.41) is 4.10. The van der Waals surface area contributed by atoms with E-state index in [-0.39, 0.29) is 11.8 Å². The van der Waals surface area contributed by atoms with Crippen molar-refractivity contribution in [2.24, 2.45) is 17.6 Å². The van der Waals surface area contributed by atoms with Gasteiger partial charge in [0.1, 0.15) is 0 Å². The third-order valence-corrected chi connectivity index (χ3v) is 5.25. The van der Waals surface area contributed by atoms with Gasteiger partial charge in [-0.2, -0.15) is 0 Å². The molecule has 1 aliphatic carbocycles. The number of nitrogens with two attached hydrogens (primary N) is 1. The number of nitrogens with one attached hydrogen (secondary N) is 1. The van der Waals surface area contributed by atoms with Crippen LogP contribution in [0.1, 0.15) is 30.7 Å². The Bertz CT molecular complexity index is 644. The van der Waals surface area contributed by atoms with E-state index in [0.29, 0.717) is 5.92 Å². The number of fused-ring (bicyclic) bond motifs is 1. The molecule has 2 aromatic rings. The average Bonchev–Trinajstić information content (AvgIpc) is 2.86. The summed E-state index contributed by atoms with van der Waals surface area (Å²) >= 11 is 1.66. The highest BCUT2D eigenvalue weighted by atomic mass is 32.1. The highest BCUT2D eigenvalue weighted by Crippen LogP contribution is 2.30. The zero-order chi connectivity index (χ0) is 14.8.